The molecular weight excluding hydrogens is 226 g/mol. The Labute approximate surface area is 105 Å². The third-order valence-corrected chi connectivity index (χ3v) is 3.15. The molecule has 1 aliphatic heterocycles. The molecule has 18 heavy (non-hydrogen) atoms. The fraction of sp³-hybridized carbons (Fsp3) is 0.133. The molecule has 0 aliphatic carbocycles. The van der Waals surface area contributed by atoms with E-state index < -0.39 is 0 Å². The minimum absolute atomic E-state index is 0.0626. The maximum Gasteiger partial charge on any atom is 0.234 e. The molecule has 3 heteroatoms. The van der Waals surface area contributed by atoms with Crippen molar-refractivity contribution >= 4 is 6.08 Å². The molecule has 0 saturated heterocycles. The highest BCUT2D eigenvalue weighted by Crippen LogP contribution is 2.43. The van der Waals surface area contributed by atoms with E-state index in [-0.39, 0.29) is 5.92 Å². The van der Waals surface area contributed by atoms with E-state index in [1.165, 1.54) is 0 Å². The number of ether oxygens (including phenoxy) is 1. The summed E-state index contributed by atoms with van der Waals surface area (Å²) in [6.45, 7) is 0.404. The number of para-hydroxylation sites is 2. The van der Waals surface area contributed by atoms with Gasteiger partial charge >= 0.3 is 0 Å². The molecule has 0 atom stereocenters. The lowest BCUT2D eigenvalue weighted by Crippen LogP contribution is -2.12. The molecule has 3 nitrogen and oxygen atoms in total. The van der Waals surface area contributed by atoms with Gasteiger partial charge in [-0.2, -0.15) is 0 Å². The second kappa shape index (κ2) is 4.47. The van der Waals surface area contributed by atoms with E-state index in [0.717, 1.165) is 22.6 Å². The smallest absolute Gasteiger partial charge is 0.234 e. The molecule has 3 rings (SSSR count). The molecule has 0 fully saturated rings. The summed E-state index contributed by atoms with van der Waals surface area (Å²) in [5.41, 5.74) is 2.13. The van der Waals surface area contributed by atoms with Crippen LogP contribution in [0, 0.1) is 0 Å². The number of hydrogen-bond donors (Lipinski definition) is 0. The van der Waals surface area contributed by atoms with Crippen molar-refractivity contribution in [1.29, 1.82) is 0 Å². The van der Waals surface area contributed by atoms with Crippen LogP contribution in [0.1, 0.15) is 17.0 Å². The van der Waals surface area contributed by atoms with Crippen molar-refractivity contribution < 1.29 is 9.53 Å². The number of aliphatic imine (C=N–C) groups is 1. The molecule has 0 radical (unpaired) electrons. The van der Waals surface area contributed by atoms with Crippen molar-refractivity contribution in [3.05, 3.63) is 59.7 Å². The summed E-state index contributed by atoms with van der Waals surface area (Å²) in [6.07, 6.45) is 1.61. The van der Waals surface area contributed by atoms with Crippen molar-refractivity contribution in [3.63, 3.8) is 0 Å². The van der Waals surface area contributed by atoms with Crippen LogP contribution >= 0.6 is 0 Å². The van der Waals surface area contributed by atoms with E-state index in [4.69, 9.17) is 4.74 Å². The topological polar surface area (TPSA) is 38.7 Å². The predicted molar refractivity (Wildman–Crippen MR) is 67.8 cm³/mol. The van der Waals surface area contributed by atoms with Gasteiger partial charge in [0.05, 0.1) is 6.54 Å². The summed E-state index contributed by atoms with van der Waals surface area (Å²) < 4.78 is 5.85. The molecule has 2 aromatic rings. The molecule has 0 spiro atoms. The van der Waals surface area contributed by atoms with Crippen LogP contribution in [0.3, 0.4) is 0 Å². The number of carbonyl (C=O) groups excluding carboxylic acids is 1. The zero-order valence-electron chi connectivity index (χ0n) is 9.67. The van der Waals surface area contributed by atoms with Gasteiger partial charge in [0.25, 0.3) is 0 Å². The first kappa shape index (κ1) is 10.8. The van der Waals surface area contributed by atoms with Gasteiger partial charge in [-0.25, -0.2) is 9.79 Å². The Kier molecular flexibility index (Phi) is 2.67. The van der Waals surface area contributed by atoms with Crippen molar-refractivity contribution in [2.24, 2.45) is 4.99 Å². The van der Waals surface area contributed by atoms with Gasteiger partial charge in [-0.3, -0.25) is 0 Å². The summed E-state index contributed by atoms with van der Waals surface area (Å²) in [5, 5.41) is 0. The number of hydrogen-bond acceptors (Lipinski definition) is 3. The average molecular weight is 237 g/mol. The van der Waals surface area contributed by atoms with Gasteiger partial charge in [0.15, 0.2) is 0 Å². The lowest BCUT2D eigenvalue weighted by molar-refractivity contribution is 0.446. The first-order valence-corrected chi connectivity index (χ1v) is 5.79. The third kappa shape index (κ3) is 1.71. The van der Waals surface area contributed by atoms with Crippen LogP contribution in [-0.2, 0) is 4.79 Å². The fourth-order valence-electron chi connectivity index (χ4n) is 2.33. The van der Waals surface area contributed by atoms with Crippen molar-refractivity contribution in [3.8, 4) is 11.5 Å². The van der Waals surface area contributed by atoms with Crippen LogP contribution in [0.2, 0.25) is 0 Å². The van der Waals surface area contributed by atoms with Gasteiger partial charge in [-0.1, -0.05) is 36.4 Å². The standard InChI is InChI=1S/C15H11NO2/c17-10-16-9-13-11-5-1-3-7-14(11)18-15-8-4-2-6-12(13)15/h1-8,13H,9H2. The number of benzene rings is 2. The molecule has 0 aromatic heterocycles. The maximum absolute atomic E-state index is 10.3. The largest absolute Gasteiger partial charge is 0.457 e. The van der Waals surface area contributed by atoms with Crippen LogP contribution < -0.4 is 4.74 Å². The second-order valence-corrected chi connectivity index (χ2v) is 4.16. The van der Waals surface area contributed by atoms with Crippen molar-refractivity contribution in [1.82, 2.24) is 0 Å². The Morgan fingerprint density at radius 3 is 2.11 bits per heavy atom. The fourth-order valence-corrected chi connectivity index (χ4v) is 2.33. The van der Waals surface area contributed by atoms with E-state index in [0.29, 0.717) is 6.54 Å². The summed E-state index contributed by atoms with van der Waals surface area (Å²) in [4.78, 5) is 14.1. The van der Waals surface area contributed by atoms with E-state index in [1.807, 2.05) is 48.5 Å². The lowest BCUT2D eigenvalue weighted by atomic mass is 9.88. The number of isocyanates is 1. The maximum atomic E-state index is 10.3. The zero-order valence-corrected chi connectivity index (χ0v) is 9.67. The van der Waals surface area contributed by atoms with Gasteiger partial charge < -0.3 is 4.74 Å². The van der Waals surface area contributed by atoms with Gasteiger partial charge in [0.1, 0.15) is 11.5 Å². The number of nitrogens with zero attached hydrogens (tertiary/aromatic N) is 1. The molecule has 0 amide bonds. The van der Waals surface area contributed by atoms with Crippen LogP contribution in [0.5, 0.6) is 11.5 Å². The highest BCUT2D eigenvalue weighted by Gasteiger charge is 2.26. The predicted octanol–water partition coefficient (Wildman–Crippen LogP) is 3.26. The minimum atomic E-state index is 0.0626. The van der Waals surface area contributed by atoms with Gasteiger partial charge in [0, 0.05) is 17.0 Å². The van der Waals surface area contributed by atoms with Crippen molar-refractivity contribution in [2.45, 2.75) is 5.92 Å². The summed E-state index contributed by atoms with van der Waals surface area (Å²) in [5.74, 6) is 1.73. The summed E-state index contributed by atoms with van der Waals surface area (Å²) >= 11 is 0. The van der Waals surface area contributed by atoms with Crippen LogP contribution in [-0.4, -0.2) is 12.6 Å². The summed E-state index contributed by atoms with van der Waals surface area (Å²) in [7, 11) is 0. The van der Waals surface area contributed by atoms with Crippen LogP contribution in [0.15, 0.2) is 53.5 Å². The van der Waals surface area contributed by atoms with E-state index in [1.54, 1.807) is 6.08 Å². The summed E-state index contributed by atoms with van der Waals surface area (Å²) in [6, 6.07) is 15.7. The Morgan fingerprint density at radius 1 is 1.00 bits per heavy atom. The first-order valence-electron chi connectivity index (χ1n) is 5.79. The molecule has 1 aliphatic rings. The highest BCUT2D eigenvalue weighted by atomic mass is 16.5. The number of rotatable bonds is 2. The Hall–Kier alpha value is -2.38. The monoisotopic (exact) mass is 237 g/mol. The number of fused-ring (bicyclic) bond motifs is 2. The van der Waals surface area contributed by atoms with Crippen LogP contribution in [0.4, 0.5) is 0 Å². The molecule has 88 valence electrons. The second-order valence-electron chi connectivity index (χ2n) is 4.16. The van der Waals surface area contributed by atoms with Crippen molar-refractivity contribution in [2.75, 3.05) is 6.54 Å². The van der Waals surface area contributed by atoms with E-state index in [2.05, 4.69) is 4.99 Å². The Balaban J connectivity index is 2.14. The van der Waals surface area contributed by atoms with Gasteiger partial charge in [0.2, 0.25) is 6.08 Å². The van der Waals surface area contributed by atoms with E-state index in [9.17, 15) is 4.79 Å². The molecule has 0 N–H and O–H groups in total. The lowest BCUT2D eigenvalue weighted by Gasteiger charge is -2.26. The zero-order chi connectivity index (χ0) is 12.4. The molecule has 1 heterocycles. The first-order chi connectivity index (χ1) is 8.90. The van der Waals surface area contributed by atoms with E-state index >= 15 is 0 Å². The van der Waals surface area contributed by atoms with Crippen LogP contribution in [0.25, 0.3) is 0 Å². The average Bonchev–Trinajstić information content (AvgIpc) is 2.43. The molecular formula is C15H11NO2. The van der Waals surface area contributed by atoms with Gasteiger partial charge in [-0.15, -0.1) is 0 Å². The third-order valence-electron chi connectivity index (χ3n) is 3.15. The molecule has 0 unspecified atom stereocenters. The SMILES string of the molecule is O=C=NCC1c2ccccc2Oc2ccccc21. The van der Waals surface area contributed by atoms with Gasteiger partial charge in [-0.05, 0) is 12.1 Å². The quantitative estimate of drug-likeness (QED) is 0.594. The minimum Gasteiger partial charge on any atom is -0.457 e. The highest BCUT2D eigenvalue weighted by molar-refractivity contribution is 5.53. The molecule has 2 aromatic carbocycles. The normalized spacial score (nSPS) is 12.9. The molecule has 0 saturated carbocycles. The Bertz CT molecular complexity index is 584. The Morgan fingerprint density at radius 2 is 1.56 bits per heavy atom. The molecule has 0 bridgehead atoms.